The summed E-state index contributed by atoms with van der Waals surface area (Å²) in [6.07, 6.45) is -1.21. The van der Waals surface area contributed by atoms with Crippen LogP contribution in [0.1, 0.15) is 6.92 Å². The Morgan fingerprint density at radius 3 is 2.45 bits per heavy atom. The Balaban J connectivity index is 2.00. The minimum absolute atomic E-state index is 0.454. The fourth-order valence-corrected chi connectivity index (χ4v) is 2.47. The van der Waals surface area contributed by atoms with Crippen molar-refractivity contribution in [1.29, 1.82) is 0 Å². The normalized spacial score (nSPS) is 18.2. The lowest BCUT2D eigenvalue weighted by molar-refractivity contribution is -0.157. The molecule has 22 heavy (non-hydrogen) atoms. The van der Waals surface area contributed by atoms with E-state index in [1.54, 1.807) is 12.1 Å². The molecule has 6 heteroatoms. The summed E-state index contributed by atoms with van der Waals surface area (Å²) in [5.41, 5.74) is 0.454. The van der Waals surface area contributed by atoms with E-state index in [4.69, 9.17) is 4.74 Å². The molecule has 2 aromatic carbocycles. The van der Waals surface area contributed by atoms with Gasteiger partial charge in [-0.2, -0.15) is 0 Å². The number of fused-ring (bicyclic) bond motifs is 1. The van der Waals surface area contributed by atoms with Crippen molar-refractivity contribution in [1.82, 2.24) is 4.90 Å². The van der Waals surface area contributed by atoms with Crippen LogP contribution in [0.3, 0.4) is 0 Å². The van der Waals surface area contributed by atoms with E-state index in [0.29, 0.717) is 5.69 Å². The van der Waals surface area contributed by atoms with Crippen molar-refractivity contribution >= 4 is 34.4 Å². The van der Waals surface area contributed by atoms with E-state index >= 15 is 0 Å². The third-order valence-electron chi connectivity index (χ3n) is 3.55. The average Bonchev–Trinajstić information content (AvgIpc) is 2.70. The number of esters is 1. The number of carbonyl (C=O) groups excluding carboxylic acids is 3. The van der Waals surface area contributed by atoms with Gasteiger partial charge < -0.3 is 4.74 Å². The predicted octanol–water partition coefficient (Wildman–Crippen LogP) is 2.13. The first-order valence-electron chi connectivity index (χ1n) is 6.76. The zero-order valence-electron chi connectivity index (χ0n) is 12.1. The molecule has 0 N–H and O–H groups in total. The van der Waals surface area contributed by atoms with Gasteiger partial charge in [0.25, 0.3) is 12.1 Å². The second-order valence-corrected chi connectivity index (χ2v) is 5.06. The van der Waals surface area contributed by atoms with Crippen LogP contribution in [0.15, 0.2) is 42.5 Å². The number of urea groups is 1. The van der Waals surface area contributed by atoms with E-state index in [1.807, 2.05) is 30.3 Å². The fraction of sp³-hybridized carbons (Fsp3) is 0.188. The number of anilines is 1. The van der Waals surface area contributed by atoms with Gasteiger partial charge in [0, 0.05) is 14.0 Å². The van der Waals surface area contributed by atoms with Crippen LogP contribution >= 0.6 is 0 Å². The highest BCUT2D eigenvalue weighted by molar-refractivity contribution is 6.21. The number of benzene rings is 2. The molecular formula is C16H14N2O4. The third-order valence-corrected chi connectivity index (χ3v) is 3.55. The van der Waals surface area contributed by atoms with Gasteiger partial charge in [-0.05, 0) is 22.9 Å². The molecule has 1 atom stereocenters. The lowest BCUT2D eigenvalue weighted by atomic mass is 10.1. The number of carbonyl (C=O) groups is 3. The van der Waals surface area contributed by atoms with E-state index in [0.717, 1.165) is 20.6 Å². The van der Waals surface area contributed by atoms with Crippen LogP contribution in [-0.4, -0.2) is 36.1 Å². The van der Waals surface area contributed by atoms with E-state index < -0.39 is 24.1 Å². The Morgan fingerprint density at radius 1 is 1.09 bits per heavy atom. The molecule has 2 aromatic rings. The zero-order chi connectivity index (χ0) is 15.9. The first kappa shape index (κ1) is 14.1. The number of nitrogens with zero attached hydrogens (tertiary/aromatic N) is 2. The van der Waals surface area contributed by atoms with Gasteiger partial charge in [-0.1, -0.05) is 30.3 Å². The highest BCUT2D eigenvalue weighted by atomic mass is 16.6. The van der Waals surface area contributed by atoms with Gasteiger partial charge in [0.1, 0.15) is 0 Å². The zero-order valence-corrected chi connectivity index (χ0v) is 12.1. The molecule has 0 bridgehead atoms. The number of likely N-dealkylation sites (N-methyl/N-ethyl adjacent to an activating group) is 1. The Hall–Kier alpha value is -2.89. The maximum atomic E-state index is 12.4. The van der Waals surface area contributed by atoms with Crippen molar-refractivity contribution in [2.45, 2.75) is 13.2 Å². The molecule has 1 saturated heterocycles. The van der Waals surface area contributed by atoms with Crippen LogP contribution in [0.2, 0.25) is 0 Å². The van der Waals surface area contributed by atoms with Gasteiger partial charge >= 0.3 is 12.0 Å². The summed E-state index contributed by atoms with van der Waals surface area (Å²) in [6, 6.07) is 12.4. The largest absolute Gasteiger partial charge is 0.432 e. The summed E-state index contributed by atoms with van der Waals surface area (Å²) in [5, 5.41) is 1.93. The number of hydrogen-bond donors (Lipinski definition) is 0. The Kier molecular flexibility index (Phi) is 3.29. The predicted molar refractivity (Wildman–Crippen MR) is 80.1 cm³/mol. The summed E-state index contributed by atoms with van der Waals surface area (Å²) >= 11 is 0. The molecule has 1 heterocycles. The number of rotatable bonds is 2. The standard InChI is InChI=1S/C16H14N2O4/c1-10(19)22-15-14(20)18(16(21)17(15)2)13-8-7-11-5-3-4-6-12(11)9-13/h3-9,15H,1-2H3. The summed E-state index contributed by atoms with van der Waals surface area (Å²) in [5.74, 6) is -1.18. The number of hydrogen-bond acceptors (Lipinski definition) is 4. The SMILES string of the molecule is CC(=O)OC1C(=O)N(c2ccc3ccccc3c2)C(=O)N1C. The van der Waals surface area contributed by atoms with Crippen molar-refractivity contribution < 1.29 is 19.1 Å². The summed E-state index contributed by atoms with van der Waals surface area (Å²) in [4.78, 5) is 37.9. The number of amides is 3. The number of ether oxygens (including phenoxy) is 1. The van der Waals surface area contributed by atoms with Gasteiger partial charge in [-0.3, -0.25) is 14.5 Å². The summed E-state index contributed by atoms with van der Waals surface area (Å²) in [6.45, 7) is 1.20. The maximum absolute atomic E-state index is 12.4. The monoisotopic (exact) mass is 298 g/mol. The van der Waals surface area contributed by atoms with Gasteiger partial charge in [-0.15, -0.1) is 0 Å². The first-order chi connectivity index (χ1) is 10.5. The van der Waals surface area contributed by atoms with Gasteiger partial charge in [0.2, 0.25) is 0 Å². The quantitative estimate of drug-likeness (QED) is 0.629. The molecule has 6 nitrogen and oxygen atoms in total. The lowest BCUT2D eigenvalue weighted by Gasteiger charge is -2.14. The van der Waals surface area contributed by atoms with E-state index in [1.165, 1.54) is 14.0 Å². The van der Waals surface area contributed by atoms with E-state index in [9.17, 15) is 14.4 Å². The Morgan fingerprint density at radius 2 is 1.77 bits per heavy atom. The average molecular weight is 298 g/mol. The molecule has 3 amide bonds. The molecule has 1 fully saturated rings. The van der Waals surface area contributed by atoms with Crippen molar-refractivity contribution in [2.75, 3.05) is 11.9 Å². The molecule has 0 radical (unpaired) electrons. The highest BCUT2D eigenvalue weighted by Gasteiger charge is 2.46. The molecule has 0 spiro atoms. The molecule has 1 aliphatic heterocycles. The molecule has 0 aliphatic carbocycles. The topological polar surface area (TPSA) is 66.9 Å². The van der Waals surface area contributed by atoms with Crippen molar-refractivity contribution in [3.8, 4) is 0 Å². The summed E-state index contributed by atoms with van der Waals surface area (Å²) < 4.78 is 4.92. The van der Waals surface area contributed by atoms with Gasteiger partial charge in [-0.25, -0.2) is 9.69 Å². The summed E-state index contributed by atoms with van der Waals surface area (Å²) in [7, 11) is 1.43. The van der Waals surface area contributed by atoms with Crippen molar-refractivity contribution in [3.63, 3.8) is 0 Å². The van der Waals surface area contributed by atoms with Crippen LogP contribution in [0.4, 0.5) is 10.5 Å². The Bertz CT molecular complexity index is 787. The van der Waals surface area contributed by atoms with E-state index in [-0.39, 0.29) is 0 Å². The lowest BCUT2D eigenvalue weighted by Crippen LogP contribution is -2.35. The molecule has 0 aromatic heterocycles. The van der Waals surface area contributed by atoms with Crippen LogP contribution in [0, 0.1) is 0 Å². The number of imide groups is 1. The molecule has 3 rings (SSSR count). The van der Waals surface area contributed by atoms with Crippen LogP contribution in [-0.2, 0) is 14.3 Å². The van der Waals surface area contributed by atoms with Crippen LogP contribution in [0.5, 0.6) is 0 Å². The molecule has 1 unspecified atom stereocenters. The molecule has 0 saturated carbocycles. The van der Waals surface area contributed by atoms with Gasteiger partial charge in [0.05, 0.1) is 5.69 Å². The molecule has 1 aliphatic rings. The van der Waals surface area contributed by atoms with Crippen molar-refractivity contribution in [3.05, 3.63) is 42.5 Å². The third kappa shape index (κ3) is 2.18. The fourth-order valence-electron chi connectivity index (χ4n) is 2.47. The molecule has 112 valence electrons. The van der Waals surface area contributed by atoms with E-state index in [2.05, 4.69) is 0 Å². The van der Waals surface area contributed by atoms with Crippen LogP contribution < -0.4 is 4.90 Å². The van der Waals surface area contributed by atoms with Gasteiger partial charge in [0.15, 0.2) is 0 Å². The minimum atomic E-state index is -1.21. The maximum Gasteiger partial charge on any atom is 0.334 e. The second kappa shape index (κ2) is 5.14. The highest BCUT2D eigenvalue weighted by Crippen LogP contribution is 2.28. The first-order valence-corrected chi connectivity index (χ1v) is 6.76. The Labute approximate surface area is 126 Å². The van der Waals surface area contributed by atoms with Crippen LogP contribution in [0.25, 0.3) is 10.8 Å². The van der Waals surface area contributed by atoms with Crippen molar-refractivity contribution in [2.24, 2.45) is 0 Å². The minimum Gasteiger partial charge on any atom is -0.432 e. The second-order valence-electron chi connectivity index (χ2n) is 5.06. The smallest absolute Gasteiger partial charge is 0.334 e. The molecular weight excluding hydrogens is 284 g/mol.